The fourth-order valence-corrected chi connectivity index (χ4v) is 3.27. The van der Waals surface area contributed by atoms with Crippen LogP contribution in [0.5, 0.6) is 0 Å². The Morgan fingerprint density at radius 3 is 2.95 bits per heavy atom. The summed E-state index contributed by atoms with van der Waals surface area (Å²) in [4.78, 5) is 4.43. The quantitative estimate of drug-likeness (QED) is 0.646. The summed E-state index contributed by atoms with van der Waals surface area (Å²) in [5.41, 5.74) is 6.80. The standard InChI is InChI=1S/C16H21ClFN3O/c17-14-8-11(18)3-4-13(14)16(5-6-16)10-21-15(19)20-9-12-2-1-7-22-12/h3-4,8,12H,1-2,5-7,9-10H2,(H3,19,20,21). The molecule has 6 heteroatoms. The molecular weight excluding hydrogens is 305 g/mol. The Hall–Kier alpha value is -1.33. The van der Waals surface area contributed by atoms with Crippen molar-refractivity contribution in [3.05, 3.63) is 34.6 Å². The highest BCUT2D eigenvalue weighted by atomic mass is 35.5. The van der Waals surface area contributed by atoms with Crippen molar-refractivity contribution in [1.29, 1.82) is 0 Å². The lowest BCUT2D eigenvalue weighted by molar-refractivity contribution is 0.114. The molecule has 2 aliphatic rings. The van der Waals surface area contributed by atoms with Crippen LogP contribution in [0, 0.1) is 5.82 Å². The fraction of sp³-hybridized carbons (Fsp3) is 0.562. The molecule has 1 aromatic carbocycles. The Labute approximate surface area is 134 Å². The predicted molar refractivity (Wildman–Crippen MR) is 85.8 cm³/mol. The highest BCUT2D eigenvalue weighted by Crippen LogP contribution is 2.50. The number of hydrogen-bond donors (Lipinski definition) is 2. The van der Waals surface area contributed by atoms with Gasteiger partial charge < -0.3 is 15.8 Å². The molecule has 1 aliphatic carbocycles. The number of ether oxygens (including phenoxy) is 1. The van der Waals surface area contributed by atoms with Crippen LogP contribution < -0.4 is 11.1 Å². The van der Waals surface area contributed by atoms with Crippen molar-refractivity contribution >= 4 is 17.6 Å². The number of nitrogens with zero attached hydrogens (tertiary/aromatic N) is 1. The zero-order chi connectivity index (χ0) is 15.6. The summed E-state index contributed by atoms with van der Waals surface area (Å²) in [6.07, 6.45) is 4.40. The van der Waals surface area contributed by atoms with Crippen LogP contribution in [0.15, 0.2) is 23.2 Å². The first-order valence-electron chi connectivity index (χ1n) is 7.70. The lowest BCUT2D eigenvalue weighted by Crippen LogP contribution is -2.37. The van der Waals surface area contributed by atoms with E-state index in [0.29, 0.717) is 24.1 Å². The molecule has 1 atom stereocenters. The Bertz CT molecular complexity index is 569. The van der Waals surface area contributed by atoms with E-state index in [4.69, 9.17) is 22.1 Å². The summed E-state index contributed by atoms with van der Waals surface area (Å²) in [6.45, 7) is 2.10. The highest BCUT2D eigenvalue weighted by molar-refractivity contribution is 6.31. The van der Waals surface area contributed by atoms with Gasteiger partial charge in [-0.3, -0.25) is 4.99 Å². The summed E-state index contributed by atoms with van der Waals surface area (Å²) >= 11 is 6.16. The fourth-order valence-electron chi connectivity index (χ4n) is 2.90. The van der Waals surface area contributed by atoms with Gasteiger partial charge >= 0.3 is 0 Å². The summed E-state index contributed by atoms with van der Waals surface area (Å²) < 4.78 is 18.7. The van der Waals surface area contributed by atoms with Gasteiger partial charge in [-0.25, -0.2) is 4.39 Å². The van der Waals surface area contributed by atoms with Crippen molar-refractivity contribution in [2.75, 3.05) is 19.7 Å². The first kappa shape index (κ1) is 15.6. The first-order valence-corrected chi connectivity index (χ1v) is 8.08. The predicted octanol–water partition coefficient (Wildman–Crippen LogP) is 2.59. The second kappa shape index (κ2) is 6.42. The number of rotatable bonds is 5. The Kier molecular flexibility index (Phi) is 4.54. The van der Waals surface area contributed by atoms with Gasteiger partial charge in [-0.15, -0.1) is 0 Å². The SMILES string of the molecule is NC(=NCC1(c2ccc(F)cc2Cl)CC1)NCC1CCCO1. The van der Waals surface area contributed by atoms with E-state index in [0.717, 1.165) is 37.9 Å². The molecule has 0 aromatic heterocycles. The van der Waals surface area contributed by atoms with E-state index in [9.17, 15) is 4.39 Å². The molecule has 2 fully saturated rings. The molecule has 3 rings (SSSR count). The second-order valence-corrected chi connectivity index (χ2v) is 6.53. The molecular formula is C16H21ClFN3O. The Balaban J connectivity index is 1.58. The van der Waals surface area contributed by atoms with E-state index in [2.05, 4.69) is 10.3 Å². The van der Waals surface area contributed by atoms with Crippen molar-refractivity contribution in [2.45, 2.75) is 37.2 Å². The second-order valence-electron chi connectivity index (χ2n) is 6.12. The number of halogens is 2. The van der Waals surface area contributed by atoms with E-state index in [1.54, 1.807) is 6.07 Å². The number of nitrogens with two attached hydrogens (primary N) is 1. The van der Waals surface area contributed by atoms with E-state index < -0.39 is 0 Å². The summed E-state index contributed by atoms with van der Waals surface area (Å²) in [5.74, 6) is 0.116. The number of aliphatic imine (C=N–C) groups is 1. The zero-order valence-electron chi connectivity index (χ0n) is 12.4. The molecule has 0 spiro atoms. The molecule has 1 heterocycles. The van der Waals surface area contributed by atoms with Crippen molar-refractivity contribution in [3.63, 3.8) is 0 Å². The Morgan fingerprint density at radius 1 is 1.50 bits per heavy atom. The van der Waals surface area contributed by atoms with Crippen molar-refractivity contribution in [2.24, 2.45) is 10.7 Å². The van der Waals surface area contributed by atoms with Crippen LogP contribution in [0.2, 0.25) is 5.02 Å². The molecule has 4 nitrogen and oxygen atoms in total. The average molecular weight is 326 g/mol. The lowest BCUT2D eigenvalue weighted by atomic mass is 9.96. The van der Waals surface area contributed by atoms with Crippen LogP contribution >= 0.6 is 11.6 Å². The molecule has 1 unspecified atom stereocenters. The first-order chi connectivity index (χ1) is 10.6. The minimum Gasteiger partial charge on any atom is -0.376 e. The average Bonchev–Trinajstić information content (AvgIpc) is 3.08. The number of benzene rings is 1. The van der Waals surface area contributed by atoms with E-state index in [-0.39, 0.29) is 17.3 Å². The topological polar surface area (TPSA) is 59.6 Å². The van der Waals surface area contributed by atoms with Crippen LogP contribution in [-0.4, -0.2) is 31.8 Å². The monoisotopic (exact) mass is 325 g/mol. The molecule has 1 aliphatic heterocycles. The molecule has 1 saturated heterocycles. The molecule has 1 saturated carbocycles. The highest BCUT2D eigenvalue weighted by Gasteiger charge is 2.45. The number of nitrogens with one attached hydrogen (secondary N) is 1. The molecule has 1 aromatic rings. The van der Waals surface area contributed by atoms with E-state index >= 15 is 0 Å². The largest absolute Gasteiger partial charge is 0.376 e. The van der Waals surface area contributed by atoms with Gasteiger partial charge in [-0.2, -0.15) is 0 Å². The molecule has 3 N–H and O–H groups in total. The number of hydrogen-bond acceptors (Lipinski definition) is 2. The van der Waals surface area contributed by atoms with Crippen molar-refractivity contribution in [3.8, 4) is 0 Å². The van der Waals surface area contributed by atoms with Crippen LogP contribution in [0.4, 0.5) is 4.39 Å². The normalized spacial score (nSPS) is 23.5. The van der Waals surface area contributed by atoms with Gasteiger partial charge in [0, 0.05) is 23.6 Å². The van der Waals surface area contributed by atoms with Crippen LogP contribution in [0.1, 0.15) is 31.2 Å². The maximum Gasteiger partial charge on any atom is 0.188 e. The minimum atomic E-state index is -0.314. The Morgan fingerprint density at radius 2 is 2.32 bits per heavy atom. The van der Waals surface area contributed by atoms with Crippen molar-refractivity contribution in [1.82, 2.24) is 5.32 Å². The third-order valence-electron chi connectivity index (χ3n) is 4.44. The molecule has 0 bridgehead atoms. The third-order valence-corrected chi connectivity index (χ3v) is 4.76. The van der Waals surface area contributed by atoms with Crippen LogP contribution in [-0.2, 0) is 10.2 Å². The zero-order valence-corrected chi connectivity index (χ0v) is 13.2. The summed E-state index contributed by atoms with van der Waals surface area (Å²) in [6, 6.07) is 4.57. The summed E-state index contributed by atoms with van der Waals surface area (Å²) in [5, 5.41) is 3.58. The lowest BCUT2D eigenvalue weighted by Gasteiger charge is -2.16. The van der Waals surface area contributed by atoms with Gasteiger partial charge in [0.05, 0.1) is 12.6 Å². The molecule has 0 amide bonds. The van der Waals surface area contributed by atoms with Crippen molar-refractivity contribution < 1.29 is 9.13 Å². The van der Waals surface area contributed by atoms with Gasteiger partial charge in [-0.1, -0.05) is 17.7 Å². The van der Waals surface area contributed by atoms with E-state index in [1.165, 1.54) is 12.1 Å². The number of guanidine groups is 1. The van der Waals surface area contributed by atoms with Gasteiger partial charge in [0.1, 0.15) is 5.82 Å². The minimum absolute atomic E-state index is 0.0824. The summed E-state index contributed by atoms with van der Waals surface area (Å²) in [7, 11) is 0. The van der Waals surface area contributed by atoms with Gasteiger partial charge in [0.2, 0.25) is 0 Å². The van der Waals surface area contributed by atoms with Crippen LogP contribution in [0.25, 0.3) is 0 Å². The van der Waals surface area contributed by atoms with Crippen LogP contribution in [0.3, 0.4) is 0 Å². The van der Waals surface area contributed by atoms with E-state index in [1.807, 2.05) is 0 Å². The van der Waals surface area contributed by atoms with Gasteiger partial charge in [0.15, 0.2) is 5.96 Å². The molecule has 22 heavy (non-hydrogen) atoms. The molecule has 120 valence electrons. The third kappa shape index (κ3) is 3.52. The van der Waals surface area contributed by atoms with Gasteiger partial charge in [0.25, 0.3) is 0 Å². The molecule has 0 radical (unpaired) electrons. The maximum atomic E-state index is 13.2. The maximum absolute atomic E-state index is 13.2. The smallest absolute Gasteiger partial charge is 0.188 e. The van der Waals surface area contributed by atoms with Gasteiger partial charge in [-0.05, 0) is 43.4 Å².